The maximum absolute atomic E-state index is 12.2. The van der Waals surface area contributed by atoms with Crippen LogP contribution < -0.4 is 0 Å². The molecule has 174 valence electrons. The highest BCUT2D eigenvalue weighted by molar-refractivity contribution is 7.85. The molecule has 1 aliphatic rings. The smallest absolute Gasteiger partial charge is 0.296 e. The van der Waals surface area contributed by atoms with Crippen LogP contribution in [0.1, 0.15) is 75.5 Å². The van der Waals surface area contributed by atoms with Crippen molar-refractivity contribution < 1.29 is 33.1 Å². The zero-order valence-electron chi connectivity index (χ0n) is 18.8. The lowest BCUT2D eigenvalue weighted by Crippen LogP contribution is -2.41. The van der Waals surface area contributed by atoms with Crippen molar-refractivity contribution in [2.45, 2.75) is 72.2 Å². The molecule has 4 N–H and O–H groups in total. The Morgan fingerprint density at radius 1 is 1.32 bits per heavy atom. The first-order valence-electron chi connectivity index (χ1n) is 10.6. The molecule has 31 heavy (non-hydrogen) atoms. The number of carbonyl (C=O) groups excluding carboxylic acids is 1. The van der Waals surface area contributed by atoms with Crippen LogP contribution in [0.2, 0.25) is 0 Å². The third-order valence-electron chi connectivity index (χ3n) is 7.29. The molecule has 2 rings (SSSR count). The van der Waals surface area contributed by atoms with Crippen molar-refractivity contribution in [3.8, 4) is 11.5 Å². The third kappa shape index (κ3) is 5.30. The number of rotatable bonds is 7. The van der Waals surface area contributed by atoms with Crippen LogP contribution in [0.3, 0.4) is 0 Å². The topological polar surface area (TPSA) is 132 Å². The molecule has 8 heteroatoms. The molecule has 0 heterocycles. The second kappa shape index (κ2) is 9.30. The van der Waals surface area contributed by atoms with E-state index in [4.69, 9.17) is 4.55 Å². The summed E-state index contributed by atoms with van der Waals surface area (Å²) in [6.07, 6.45) is 5.06. The minimum absolute atomic E-state index is 0.00119. The van der Waals surface area contributed by atoms with Crippen LogP contribution in [0, 0.1) is 24.2 Å². The standard InChI is InChI=1S/C23H34O7S/c1-13(10-11-23(5)15(3)7-9-18(24)16(23)4)6-8-17-19(25)12-14(2)20(21(17)26)22(27)31(28,29)30/h6,12,15-16,22,25-27H,7-11H2,1-5H3,(H,28,29,30)/b13-6+/t15-,16+,22?,23+/m1/s1. The van der Waals surface area contributed by atoms with E-state index >= 15 is 0 Å². The van der Waals surface area contributed by atoms with E-state index in [1.165, 1.54) is 13.0 Å². The fourth-order valence-corrected chi connectivity index (χ4v) is 5.11. The molecule has 0 bridgehead atoms. The van der Waals surface area contributed by atoms with E-state index in [0.717, 1.165) is 24.8 Å². The number of benzene rings is 1. The van der Waals surface area contributed by atoms with E-state index in [1.807, 2.05) is 19.9 Å². The minimum atomic E-state index is -4.83. The molecule has 4 atom stereocenters. The van der Waals surface area contributed by atoms with Crippen LogP contribution >= 0.6 is 0 Å². The van der Waals surface area contributed by atoms with Gasteiger partial charge in [-0.15, -0.1) is 0 Å². The molecule has 1 aromatic carbocycles. The molecule has 0 saturated heterocycles. The lowest BCUT2D eigenvalue weighted by Gasteiger charge is -2.44. The summed E-state index contributed by atoms with van der Waals surface area (Å²) in [5, 5.41) is 30.7. The summed E-state index contributed by atoms with van der Waals surface area (Å²) in [7, 11) is -4.83. The monoisotopic (exact) mass is 454 g/mol. The van der Waals surface area contributed by atoms with Gasteiger partial charge >= 0.3 is 0 Å². The molecular formula is C23H34O7S. The predicted octanol–water partition coefficient (Wildman–Crippen LogP) is 4.20. The Morgan fingerprint density at radius 3 is 2.52 bits per heavy atom. The van der Waals surface area contributed by atoms with E-state index < -0.39 is 21.3 Å². The van der Waals surface area contributed by atoms with Gasteiger partial charge in [-0.25, -0.2) is 0 Å². The number of Topliss-reactive ketones (excluding diaryl/α,β-unsaturated/α-hetero) is 1. The minimum Gasteiger partial charge on any atom is -0.508 e. The number of aromatic hydroxyl groups is 2. The summed E-state index contributed by atoms with van der Waals surface area (Å²) >= 11 is 0. The van der Waals surface area contributed by atoms with E-state index in [0.29, 0.717) is 18.1 Å². The van der Waals surface area contributed by atoms with Gasteiger partial charge in [0.25, 0.3) is 10.1 Å². The third-order valence-corrected chi connectivity index (χ3v) is 8.09. The zero-order valence-corrected chi connectivity index (χ0v) is 19.7. The highest BCUT2D eigenvalue weighted by Crippen LogP contribution is 2.47. The van der Waals surface area contributed by atoms with Crippen molar-refractivity contribution in [3.63, 3.8) is 0 Å². The van der Waals surface area contributed by atoms with Crippen molar-refractivity contribution in [1.29, 1.82) is 0 Å². The lowest BCUT2D eigenvalue weighted by molar-refractivity contribution is -0.132. The van der Waals surface area contributed by atoms with Gasteiger partial charge in [0.1, 0.15) is 17.3 Å². The second-order valence-electron chi connectivity index (χ2n) is 9.21. The largest absolute Gasteiger partial charge is 0.508 e. The van der Waals surface area contributed by atoms with Gasteiger partial charge in [0.05, 0.1) is 0 Å². The van der Waals surface area contributed by atoms with Crippen LogP contribution in [-0.2, 0) is 21.3 Å². The second-order valence-corrected chi connectivity index (χ2v) is 10.7. The first-order chi connectivity index (χ1) is 14.2. The first kappa shape index (κ1) is 25.4. The molecular weight excluding hydrogens is 420 g/mol. The number of aryl methyl sites for hydroxylation is 1. The highest BCUT2D eigenvalue weighted by atomic mass is 32.2. The molecule has 0 spiro atoms. The number of carbonyl (C=O) groups is 1. The number of hydrogen-bond donors (Lipinski definition) is 4. The van der Waals surface area contributed by atoms with Crippen LogP contribution in [0.5, 0.6) is 11.5 Å². The predicted molar refractivity (Wildman–Crippen MR) is 118 cm³/mol. The molecule has 1 saturated carbocycles. The normalized spacial score (nSPS) is 26.2. The number of phenolic OH excluding ortho intramolecular Hbond substituents is 2. The number of aliphatic hydroxyl groups excluding tert-OH is 1. The molecule has 1 fully saturated rings. The van der Waals surface area contributed by atoms with Crippen LogP contribution in [-0.4, -0.2) is 34.1 Å². The molecule has 0 aliphatic heterocycles. The maximum Gasteiger partial charge on any atom is 0.296 e. The quantitative estimate of drug-likeness (QED) is 0.359. The number of ketones is 1. The van der Waals surface area contributed by atoms with Gasteiger partial charge in [0, 0.05) is 23.5 Å². The molecule has 0 amide bonds. The SMILES string of the molecule is C/C(=C\Cc1c(O)cc(C)c(C(O)S(=O)(=O)O)c1O)CC[C@@]1(C)[C@H](C)CCC(=O)[C@@H]1C. The van der Waals surface area contributed by atoms with Crippen molar-refractivity contribution in [2.24, 2.45) is 17.3 Å². The summed E-state index contributed by atoms with van der Waals surface area (Å²) in [5.41, 5.74) is -1.52. The van der Waals surface area contributed by atoms with E-state index in [-0.39, 0.29) is 40.2 Å². The fourth-order valence-electron chi connectivity index (χ4n) is 4.51. The number of phenols is 2. The Hall–Kier alpha value is -1.90. The zero-order chi connectivity index (χ0) is 23.7. The highest BCUT2D eigenvalue weighted by Gasteiger charge is 2.43. The lowest BCUT2D eigenvalue weighted by atomic mass is 9.59. The molecule has 1 unspecified atom stereocenters. The summed E-state index contributed by atoms with van der Waals surface area (Å²) in [5.74, 6) is -0.0424. The van der Waals surface area contributed by atoms with Crippen molar-refractivity contribution in [1.82, 2.24) is 0 Å². The number of allylic oxidation sites excluding steroid dienone is 2. The van der Waals surface area contributed by atoms with Gasteiger partial charge < -0.3 is 15.3 Å². The van der Waals surface area contributed by atoms with E-state index in [2.05, 4.69) is 13.8 Å². The average molecular weight is 455 g/mol. The van der Waals surface area contributed by atoms with Crippen molar-refractivity contribution in [3.05, 3.63) is 34.4 Å². The van der Waals surface area contributed by atoms with Crippen molar-refractivity contribution >= 4 is 15.9 Å². The van der Waals surface area contributed by atoms with Crippen LogP contribution in [0.25, 0.3) is 0 Å². The summed E-state index contributed by atoms with van der Waals surface area (Å²) < 4.78 is 31.8. The Balaban J connectivity index is 2.22. The fraction of sp³-hybridized carbons (Fsp3) is 0.609. The Labute approximate surface area is 184 Å². The number of hydrogen-bond acceptors (Lipinski definition) is 6. The summed E-state index contributed by atoms with van der Waals surface area (Å²) in [6, 6.07) is 1.25. The molecule has 0 radical (unpaired) electrons. The van der Waals surface area contributed by atoms with E-state index in [9.17, 15) is 28.5 Å². The maximum atomic E-state index is 12.2. The summed E-state index contributed by atoms with van der Waals surface area (Å²) in [6.45, 7) is 9.70. The van der Waals surface area contributed by atoms with Gasteiger partial charge in [0.2, 0.25) is 5.44 Å². The molecule has 1 aromatic rings. The van der Waals surface area contributed by atoms with Crippen LogP contribution in [0.4, 0.5) is 0 Å². The Kier molecular flexibility index (Phi) is 7.61. The van der Waals surface area contributed by atoms with Gasteiger partial charge in [-0.1, -0.05) is 32.4 Å². The molecule has 1 aliphatic carbocycles. The Morgan fingerprint density at radius 2 is 1.94 bits per heavy atom. The van der Waals surface area contributed by atoms with Crippen LogP contribution in [0.15, 0.2) is 17.7 Å². The number of aliphatic hydroxyl groups is 1. The molecule has 0 aromatic heterocycles. The van der Waals surface area contributed by atoms with Gasteiger partial charge in [-0.05, 0) is 62.5 Å². The van der Waals surface area contributed by atoms with E-state index in [1.54, 1.807) is 0 Å². The summed E-state index contributed by atoms with van der Waals surface area (Å²) in [4.78, 5) is 12.2. The molecule has 7 nitrogen and oxygen atoms in total. The Bertz CT molecular complexity index is 980. The average Bonchev–Trinajstić information content (AvgIpc) is 2.66. The van der Waals surface area contributed by atoms with Gasteiger partial charge in [-0.2, -0.15) is 8.42 Å². The van der Waals surface area contributed by atoms with Gasteiger partial charge in [-0.3, -0.25) is 9.35 Å². The van der Waals surface area contributed by atoms with Gasteiger partial charge in [0.15, 0.2) is 0 Å². The first-order valence-corrected chi connectivity index (χ1v) is 12.1. The van der Waals surface area contributed by atoms with Crippen molar-refractivity contribution in [2.75, 3.05) is 0 Å².